The van der Waals surface area contributed by atoms with E-state index < -0.39 is 0 Å². The summed E-state index contributed by atoms with van der Waals surface area (Å²) in [4.78, 5) is 25.4. The largest absolute Gasteiger partial charge is 0.350 e. The fourth-order valence-corrected chi connectivity index (χ4v) is 3.93. The number of aryl methyl sites for hydroxylation is 4. The SMILES string of the molecule is Cc1cccc(C)c1NC(=O)CN(C)c1ncnc2sc(C)c(C)c12. The number of nitrogens with zero attached hydrogens (tertiary/aromatic N) is 3. The van der Waals surface area contributed by atoms with Crippen molar-refractivity contribution >= 4 is 39.0 Å². The van der Waals surface area contributed by atoms with Crippen LogP contribution in [0.3, 0.4) is 0 Å². The number of para-hydroxylation sites is 1. The predicted molar refractivity (Wildman–Crippen MR) is 105 cm³/mol. The molecule has 0 unspecified atom stereocenters. The zero-order valence-electron chi connectivity index (χ0n) is 15.2. The number of hydrogen-bond acceptors (Lipinski definition) is 5. The monoisotopic (exact) mass is 354 g/mol. The quantitative estimate of drug-likeness (QED) is 0.769. The van der Waals surface area contributed by atoms with Crippen LogP contribution in [-0.4, -0.2) is 29.5 Å². The molecule has 3 aromatic rings. The van der Waals surface area contributed by atoms with Gasteiger partial charge in [-0.25, -0.2) is 9.97 Å². The molecule has 2 aromatic heterocycles. The van der Waals surface area contributed by atoms with Crippen LogP contribution in [0.2, 0.25) is 0 Å². The lowest BCUT2D eigenvalue weighted by Crippen LogP contribution is -2.31. The van der Waals surface area contributed by atoms with E-state index in [1.807, 2.05) is 44.0 Å². The molecular weight excluding hydrogens is 332 g/mol. The number of aromatic nitrogens is 2. The van der Waals surface area contributed by atoms with Crippen molar-refractivity contribution in [1.29, 1.82) is 0 Å². The summed E-state index contributed by atoms with van der Waals surface area (Å²) in [6, 6.07) is 5.99. The van der Waals surface area contributed by atoms with E-state index in [9.17, 15) is 4.79 Å². The van der Waals surface area contributed by atoms with E-state index in [1.54, 1.807) is 17.7 Å². The summed E-state index contributed by atoms with van der Waals surface area (Å²) in [5.74, 6) is 0.736. The highest BCUT2D eigenvalue weighted by atomic mass is 32.1. The Morgan fingerprint density at radius 1 is 1.16 bits per heavy atom. The Balaban J connectivity index is 1.83. The molecule has 5 nitrogen and oxygen atoms in total. The summed E-state index contributed by atoms with van der Waals surface area (Å²) in [7, 11) is 1.89. The maximum absolute atomic E-state index is 12.5. The number of anilines is 2. The van der Waals surface area contributed by atoms with Gasteiger partial charge in [-0.3, -0.25) is 4.79 Å². The molecule has 0 saturated heterocycles. The van der Waals surface area contributed by atoms with Crippen LogP contribution in [0.15, 0.2) is 24.5 Å². The van der Waals surface area contributed by atoms with E-state index in [0.717, 1.165) is 32.8 Å². The van der Waals surface area contributed by atoms with Crippen molar-refractivity contribution in [2.45, 2.75) is 27.7 Å². The zero-order chi connectivity index (χ0) is 18.1. The highest BCUT2D eigenvalue weighted by molar-refractivity contribution is 7.18. The van der Waals surface area contributed by atoms with Crippen LogP contribution in [0.1, 0.15) is 21.6 Å². The lowest BCUT2D eigenvalue weighted by Gasteiger charge is -2.19. The van der Waals surface area contributed by atoms with Gasteiger partial charge in [0.25, 0.3) is 0 Å². The molecule has 0 radical (unpaired) electrons. The minimum Gasteiger partial charge on any atom is -0.350 e. The van der Waals surface area contributed by atoms with Crippen molar-refractivity contribution < 1.29 is 4.79 Å². The van der Waals surface area contributed by atoms with Gasteiger partial charge in [-0.1, -0.05) is 18.2 Å². The summed E-state index contributed by atoms with van der Waals surface area (Å²) in [5.41, 5.74) is 4.18. The number of rotatable bonds is 4. The number of fused-ring (bicyclic) bond motifs is 1. The van der Waals surface area contributed by atoms with Crippen LogP contribution in [0, 0.1) is 27.7 Å². The van der Waals surface area contributed by atoms with Crippen molar-refractivity contribution in [3.63, 3.8) is 0 Å². The number of carbonyl (C=O) groups is 1. The highest BCUT2D eigenvalue weighted by Gasteiger charge is 2.17. The number of thiophene rings is 1. The standard InChI is InChI=1S/C19H22N4OS/c1-11-7-6-8-12(2)17(11)22-15(24)9-23(5)18-16-13(3)14(4)25-19(16)21-10-20-18/h6-8,10H,9H2,1-5H3,(H,22,24). The Kier molecular flexibility index (Phi) is 4.72. The first kappa shape index (κ1) is 17.4. The molecule has 0 atom stereocenters. The first-order chi connectivity index (χ1) is 11.9. The molecule has 0 aliphatic heterocycles. The van der Waals surface area contributed by atoms with E-state index in [1.165, 1.54) is 10.4 Å². The van der Waals surface area contributed by atoms with Crippen molar-refractivity contribution in [2.75, 3.05) is 23.8 Å². The molecule has 130 valence electrons. The fraction of sp³-hybridized carbons (Fsp3) is 0.316. The molecule has 3 rings (SSSR count). The number of carbonyl (C=O) groups excluding carboxylic acids is 1. The Bertz CT molecular complexity index is 928. The van der Waals surface area contributed by atoms with Crippen LogP contribution in [0.5, 0.6) is 0 Å². The van der Waals surface area contributed by atoms with Crippen LogP contribution >= 0.6 is 11.3 Å². The van der Waals surface area contributed by atoms with Gasteiger partial charge in [-0.15, -0.1) is 11.3 Å². The summed E-state index contributed by atoms with van der Waals surface area (Å²) in [6.07, 6.45) is 1.56. The van der Waals surface area contributed by atoms with Crippen LogP contribution in [0.4, 0.5) is 11.5 Å². The Morgan fingerprint density at radius 3 is 2.52 bits per heavy atom. The maximum atomic E-state index is 12.5. The van der Waals surface area contributed by atoms with Crippen LogP contribution in [-0.2, 0) is 4.79 Å². The molecule has 0 aliphatic rings. The molecule has 1 amide bonds. The van der Waals surface area contributed by atoms with Gasteiger partial charge < -0.3 is 10.2 Å². The average Bonchev–Trinajstić information content (AvgIpc) is 2.86. The third kappa shape index (κ3) is 3.35. The van der Waals surface area contributed by atoms with Gasteiger partial charge >= 0.3 is 0 Å². The van der Waals surface area contributed by atoms with Crippen molar-refractivity contribution in [3.8, 4) is 0 Å². The summed E-state index contributed by atoms with van der Waals surface area (Å²) in [6.45, 7) is 8.38. The van der Waals surface area contributed by atoms with Gasteiger partial charge in [0, 0.05) is 17.6 Å². The summed E-state index contributed by atoms with van der Waals surface area (Å²) in [5, 5.41) is 4.06. The van der Waals surface area contributed by atoms with Crippen LogP contribution < -0.4 is 10.2 Å². The number of hydrogen-bond donors (Lipinski definition) is 1. The minimum absolute atomic E-state index is 0.0590. The normalized spacial score (nSPS) is 10.9. The molecule has 1 N–H and O–H groups in total. The van der Waals surface area contributed by atoms with E-state index in [4.69, 9.17) is 0 Å². The van der Waals surface area contributed by atoms with E-state index >= 15 is 0 Å². The molecule has 2 heterocycles. The summed E-state index contributed by atoms with van der Waals surface area (Å²) >= 11 is 1.66. The zero-order valence-corrected chi connectivity index (χ0v) is 16.0. The van der Waals surface area contributed by atoms with Crippen molar-refractivity contribution in [1.82, 2.24) is 9.97 Å². The summed E-state index contributed by atoms with van der Waals surface area (Å²) < 4.78 is 0. The number of likely N-dealkylation sites (N-methyl/N-ethyl adjacent to an activating group) is 1. The maximum Gasteiger partial charge on any atom is 0.243 e. The number of benzene rings is 1. The molecular formula is C19H22N4OS. The number of amides is 1. The van der Waals surface area contributed by atoms with Gasteiger partial charge in [-0.2, -0.15) is 0 Å². The third-order valence-corrected chi connectivity index (χ3v) is 5.55. The second kappa shape index (κ2) is 6.80. The minimum atomic E-state index is -0.0590. The smallest absolute Gasteiger partial charge is 0.243 e. The number of nitrogens with one attached hydrogen (secondary N) is 1. The molecule has 6 heteroatoms. The molecule has 0 bridgehead atoms. The van der Waals surface area contributed by atoms with E-state index in [-0.39, 0.29) is 12.5 Å². The molecule has 0 aliphatic carbocycles. The lowest BCUT2D eigenvalue weighted by molar-refractivity contribution is -0.114. The van der Waals surface area contributed by atoms with Crippen LogP contribution in [0.25, 0.3) is 10.2 Å². The average molecular weight is 354 g/mol. The lowest BCUT2D eigenvalue weighted by atomic mass is 10.1. The first-order valence-electron chi connectivity index (χ1n) is 8.16. The molecule has 0 fully saturated rings. The third-order valence-electron chi connectivity index (χ3n) is 4.43. The molecule has 0 spiro atoms. The van der Waals surface area contributed by atoms with Crippen molar-refractivity contribution in [3.05, 3.63) is 46.1 Å². The highest BCUT2D eigenvalue weighted by Crippen LogP contribution is 2.33. The van der Waals surface area contributed by atoms with Gasteiger partial charge in [-0.05, 0) is 44.4 Å². The van der Waals surface area contributed by atoms with Gasteiger partial charge in [0.2, 0.25) is 5.91 Å². The molecule has 25 heavy (non-hydrogen) atoms. The molecule has 1 aromatic carbocycles. The fourth-order valence-electron chi connectivity index (χ4n) is 2.93. The Morgan fingerprint density at radius 2 is 1.84 bits per heavy atom. The Labute approximate surface area is 151 Å². The van der Waals surface area contributed by atoms with Gasteiger partial charge in [0.1, 0.15) is 17.0 Å². The topological polar surface area (TPSA) is 58.1 Å². The second-order valence-electron chi connectivity index (χ2n) is 6.33. The van der Waals surface area contributed by atoms with Crippen molar-refractivity contribution in [2.24, 2.45) is 0 Å². The first-order valence-corrected chi connectivity index (χ1v) is 8.98. The predicted octanol–water partition coefficient (Wildman–Crippen LogP) is 4.00. The van der Waals surface area contributed by atoms with Gasteiger partial charge in [0.05, 0.1) is 11.9 Å². The van der Waals surface area contributed by atoms with E-state index in [2.05, 4.69) is 29.1 Å². The second-order valence-corrected chi connectivity index (χ2v) is 7.53. The molecule has 0 saturated carbocycles. The van der Waals surface area contributed by atoms with E-state index in [0.29, 0.717) is 0 Å². The Hall–Kier alpha value is -2.47. The van der Waals surface area contributed by atoms with Gasteiger partial charge in [0.15, 0.2) is 0 Å².